The molecule has 2 aromatic rings. The Morgan fingerprint density at radius 2 is 1.55 bits per heavy atom. The second-order valence-corrected chi connectivity index (χ2v) is 9.48. The van der Waals surface area contributed by atoms with Gasteiger partial charge in [0.2, 0.25) is 10.0 Å². The van der Waals surface area contributed by atoms with E-state index in [0.717, 1.165) is 30.3 Å². The minimum Gasteiger partial charge on any atom is -0.378 e. The number of nitrogens with zero attached hydrogens (tertiary/aromatic N) is 5. The van der Waals surface area contributed by atoms with Gasteiger partial charge in [0.1, 0.15) is 18.0 Å². The third-order valence-electron chi connectivity index (χ3n) is 5.32. The molecule has 0 saturated carbocycles. The molecule has 8 nitrogen and oxygen atoms in total. The van der Waals surface area contributed by atoms with Gasteiger partial charge in [-0.15, -0.1) is 0 Å². The lowest BCUT2D eigenvalue weighted by Gasteiger charge is -2.35. The van der Waals surface area contributed by atoms with Gasteiger partial charge in [0, 0.05) is 50.4 Å². The fourth-order valence-corrected chi connectivity index (χ4v) is 5.21. The molecule has 2 fully saturated rings. The molecule has 1 aromatic heterocycles. The van der Waals surface area contributed by atoms with Crippen LogP contribution < -0.4 is 9.80 Å². The lowest BCUT2D eigenvalue weighted by atomic mass is 10.2. The molecule has 0 bridgehead atoms. The van der Waals surface area contributed by atoms with Crippen LogP contribution in [-0.4, -0.2) is 75.2 Å². The molecule has 29 heavy (non-hydrogen) atoms. The molecule has 0 aliphatic carbocycles. The number of rotatable bonds is 4. The smallest absolute Gasteiger partial charge is 0.243 e. The molecule has 4 rings (SSSR count). The molecule has 2 aliphatic heterocycles. The van der Waals surface area contributed by atoms with Gasteiger partial charge in [-0.2, -0.15) is 4.31 Å². The van der Waals surface area contributed by atoms with E-state index >= 15 is 0 Å². The van der Waals surface area contributed by atoms with Gasteiger partial charge in [0.05, 0.1) is 18.1 Å². The summed E-state index contributed by atoms with van der Waals surface area (Å²) in [5.74, 6) is 1.69. The van der Waals surface area contributed by atoms with Gasteiger partial charge in [-0.25, -0.2) is 18.4 Å². The van der Waals surface area contributed by atoms with Gasteiger partial charge in [0.15, 0.2) is 0 Å². The summed E-state index contributed by atoms with van der Waals surface area (Å²) in [6.45, 7) is 6.78. The zero-order valence-electron chi connectivity index (χ0n) is 16.3. The molecular formula is C19H24ClN5O3S. The maximum atomic E-state index is 13.0. The van der Waals surface area contributed by atoms with Crippen LogP contribution in [0.3, 0.4) is 0 Å². The number of benzene rings is 1. The van der Waals surface area contributed by atoms with Crippen molar-refractivity contribution in [1.82, 2.24) is 14.3 Å². The molecule has 10 heteroatoms. The third kappa shape index (κ3) is 4.32. The van der Waals surface area contributed by atoms with Crippen molar-refractivity contribution in [1.29, 1.82) is 0 Å². The average molecular weight is 438 g/mol. The number of aromatic nitrogens is 2. The van der Waals surface area contributed by atoms with Crippen LogP contribution in [0.25, 0.3) is 0 Å². The van der Waals surface area contributed by atoms with Gasteiger partial charge in [-0.3, -0.25) is 0 Å². The van der Waals surface area contributed by atoms with Crippen molar-refractivity contribution in [2.45, 2.75) is 11.8 Å². The summed E-state index contributed by atoms with van der Waals surface area (Å²) in [6, 6.07) is 6.84. The van der Waals surface area contributed by atoms with E-state index in [9.17, 15) is 8.42 Å². The second-order valence-electron chi connectivity index (χ2n) is 7.14. The van der Waals surface area contributed by atoms with Crippen LogP contribution in [0.15, 0.2) is 35.5 Å². The first-order valence-electron chi connectivity index (χ1n) is 9.61. The Labute approximate surface area is 176 Å². The maximum Gasteiger partial charge on any atom is 0.243 e. The second kappa shape index (κ2) is 8.43. The number of ether oxygens (including phenoxy) is 1. The number of hydrogen-bond donors (Lipinski definition) is 0. The first kappa shape index (κ1) is 20.3. The Morgan fingerprint density at radius 3 is 2.17 bits per heavy atom. The molecule has 1 aromatic carbocycles. The summed E-state index contributed by atoms with van der Waals surface area (Å²) in [6.07, 6.45) is 1.57. The Hall–Kier alpha value is -1.94. The highest BCUT2D eigenvalue weighted by molar-refractivity contribution is 7.89. The molecule has 2 saturated heterocycles. The Balaban J connectivity index is 1.44. The number of anilines is 2. The molecule has 0 radical (unpaired) electrons. The van der Waals surface area contributed by atoms with Crippen molar-refractivity contribution in [2.24, 2.45) is 0 Å². The topological polar surface area (TPSA) is 78.9 Å². The predicted molar refractivity (Wildman–Crippen MR) is 112 cm³/mol. The highest BCUT2D eigenvalue weighted by Gasteiger charge is 2.29. The van der Waals surface area contributed by atoms with E-state index in [4.69, 9.17) is 16.3 Å². The first-order chi connectivity index (χ1) is 13.9. The van der Waals surface area contributed by atoms with Crippen LogP contribution in [-0.2, 0) is 14.8 Å². The van der Waals surface area contributed by atoms with Crippen LogP contribution in [0.2, 0.25) is 5.02 Å². The summed E-state index contributed by atoms with van der Waals surface area (Å²) in [5, 5.41) is 0.460. The van der Waals surface area contributed by atoms with E-state index in [-0.39, 0.29) is 4.90 Å². The Kier molecular flexibility index (Phi) is 5.91. The standard InChI is InChI=1S/C19H24ClN5O3S/c1-15-2-3-16(12-17(15)20)29(26,27)25-6-4-23(5-7-25)18-13-19(22-14-21-18)24-8-10-28-11-9-24/h2-3,12-14H,4-11H2,1H3. The van der Waals surface area contributed by atoms with Gasteiger partial charge >= 0.3 is 0 Å². The number of aryl methyl sites for hydroxylation is 1. The first-order valence-corrected chi connectivity index (χ1v) is 11.4. The van der Waals surface area contributed by atoms with Gasteiger partial charge in [0.25, 0.3) is 0 Å². The fraction of sp³-hybridized carbons (Fsp3) is 0.474. The summed E-state index contributed by atoms with van der Waals surface area (Å²) < 4.78 is 32.8. The summed E-state index contributed by atoms with van der Waals surface area (Å²) in [4.78, 5) is 13.3. The summed E-state index contributed by atoms with van der Waals surface area (Å²) >= 11 is 6.12. The average Bonchev–Trinajstić information content (AvgIpc) is 2.76. The van der Waals surface area contributed by atoms with Crippen molar-refractivity contribution in [3.05, 3.63) is 41.2 Å². The minimum absolute atomic E-state index is 0.234. The van der Waals surface area contributed by atoms with E-state index in [0.29, 0.717) is 44.4 Å². The van der Waals surface area contributed by atoms with Crippen molar-refractivity contribution in [3.63, 3.8) is 0 Å². The molecule has 0 amide bonds. The van der Waals surface area contributed by atoms with Crippen molar-refractivity contribution < 1.29 is 13.2 Å². The normalized spacial score (nSPS) is 18.8. The van der Waals surface area contributed by atoms with Crippen LogP contribution in [0.5, 0.6) is 0 Å². The zero-order chi connectivity index (χ0) is 20.4. The largest absolute Gasteiger partial charge is 0.378 e. The van der Waals surface area contributed by atoms with Crippen molar-refractivity contribution in [2.75, 3.05) is 62.3 Å². The van der Waals surface area contributed by atoms with E-state index in [2.05, 4.69) is 19.8 Å². The number of morpholine rings is 1. The summed E-state index contributed by atoms with van der Waals surface area (Å²) in [5.41, 5.74) is 0.857. The lowest BCUT2D eigenvalue weighted by Crippen LogP contribution is -2.49. The van der Waals surface area contributed by atoms with E-state index in [1.54, 1.807) is 18.5 Å². The van der Waals surface area contributed by atoms with Crippen LogP contribution in [0, 0.1) is 6.92 Å². The Bertz CT molecular complexity index is 974. The van der Waals surface area contributed by atoms with Gasteiger partial charge in [-0.05, 0) is 24.6 Å². The molecule has 156 valence electrons. The molecule has 2 aliphatic rings. The maximum absolute atomic E-state index is 13.0. The number of halogens is 1. The van der Waals surface area contributed by atoms with E-state index in [1.165, 1.54) is 10.4 Å². The molecule has 0 spiro atoms. The highest BCUT2D eigenvalue weighted by atomic mass is 35.5. The quantitative estimate of drug-likeness (QED) is 0.721. The predicted octanol–water partition coefficient (Wildman–Crippen LogP) is 1.79. The fourth-order valence-electron chi connectivity index (χ4n) is 3.52. The molecule has 0 atom stereocenters. The molecule has 0 unspecified atom stereocenters. The minimum atomic E-state index is -3.56. The van der Waals surface area contributed by atoms with Gasteiger partial charge < -0.3 is 14.5 Å². The zero-order valence-corrected chi connectivity index (χ0v) is 17.9. The highest BCUT2D eigenvalue weighted by Crippen LogP contribution is 2.25. The molecule has 3 heterocycles. The van der Waals surface area contributed by atoms with Crippen molar-refractivity contribution in [3.8, 4) is 0 Å². The van der Waals surface area contributed by atoms with E-state index < -0.39 is 10.0 Å². The number of hydrogen-bond acceptors (Lipinski definition) is 7. The van der Waals surface area contributed by atoms with Crippen LogP contribution in [0.4, 0.5) is 11.6 Å². The monoisotopic (exact) mass is 437 g/mol. The van der Waals surface area contributed by atoms with Crippen molar-refractivity contribution >= 4 is 33.3 Å². The Morgan fingerprint density at radius 1 is 0.931 bits per heavy atom. The van der Waals surface area contributed by atoms with Crippen LogP contribution >= 0.6 is 11.6 Å². The summed E-state index contributed by atoms with van der Waals surface area (Å²) in [7, 11) is -3.56. The number of sulfonamides is 1. The number of piperazine rings is 1. The SMILES string of the molecule is Cc1ccc(S(=O)(=O)N2CCN(c3cc(N4CCOCC4)ncn3)CC2)cc1Cl. The molecular weight excluding hydrogens is 414 g/mol. The molecule has 0 N–H and O–H groups in total. The van der Waals surface area contributed by atoms with Crippen LogP contribution in [0.1, 0.15) is 5.56 Å². The third-order valence-corrected chi connectivity index (χ3v) is 7.62. The van der Waals surface area contributed by atoms with E-state index in [1.807, 2.05) is 13.0 Å². The lowest BCUT2D eigenvalue weighted by molar-refractivity contribution is 0.122. The van der Waals surface area contributed by atoms with Gasteiger partial charge in [-0.1, -0.05) is 17.7 Å².